The zero-order chi connectivity index (χ0) is 27.4. The van der Waals surface area contributed by atoms with Crippen LogP contribution in [-0.2, 0) is 4.74 Å². The Labute approximate surface area is 224 Å². The number of rotatable bonds is 8. The Bertz CT molecular complexity index is 1510. The highest BCUT2D eigenvalue weighted by Gasteiger charge is 2.22. The molecule has 11 heteroatoms. The second kappa shape index (κ2) is 11.1. The van der Waals surface area contributed by atoms with Gasteiger partial charge in [0.2, 0.25) is 0 Å². The summed E-state index contributed by atoms with van der Waals surface area (Å²) < 4.78 is 16.9. The topological polar surface area (TPSA) is 122 Å². The largest absolute Gasteiger partial charge is 0.493 e. The number of amides is 1. The summed E-state index contributed by atoms with van der Waals surface area (Å²) in [6.45, 7) is 5.92. The van der Waals surface area contributed by atoms with Crippen molar-refractivity contribution in [2.24, 2.45) is 0 Å². The van der Waals surface area contributed by atoms with E-state index in [0.29, 0.717) is 56.6 Å². The number of likely N-dealkylation sites (N-methyl/N-ethyl adjacent to an activating group) is 1. The average Bonchev–Trinajstić information content (AvgIpc) is 3.22. The smallest absolute Gasteiger partial charge is 0.410 e. The first-order chi connectivity index (χ1) is 18.1. The summed E-state index contributed by atoms with van der Waals surface area (Å²) in [7, 11) is 3.17. The number of carbonyl (C=O) groups excluding carboxylic acids is 1. The number of anilines is 2. The van der Waals surface area contributed by atoms with Crippen molar-refractivity contribution in [1.29, 1.82) is 0 Å². The summed E-state index contributed by atoms with van der Waals surface area (Å²) in [6.07, 6.45) is 4.35. The van der Waals surface area contributed by atoms with Crippen molar-refractivity contribution in [1.82, 2.24) is 19.9 Å². The van der Waals surface area contributed by atoms with Crippen LogP contribution < -0.4 is 20.3 Å². The molecule has 3 heterocycles. The summed E-state index contributed by atoms with van der Waals surface area (Å²) in [5.41, 5.74) is 2.13. The van der Waals surface area contributed by atoms with Gasteiger partial charge in [-0.25, -0.2) is 4.79 Å². The van der Waals surface area contributed by atoms with Gasteiger partial charge in [0, 0.05) is 25.0 Å². The lowest BCUT2D eigenvalue weighted by Gasteiger charge is -2.24. The van der Waals surface area contributed by atoms with Crippen molar-refractivity contribution in [2.75, 3.05) is 32.6 Å². The molecule has 3 N–H and O–H groups in total. The number of ether oxygens (including phenoxy) is 3. The molecule has 0 saturated heterocycles. The highest BCUT2D eigenvalue weighted by atomic mass is 35.5. The van der Waals surface area contributed by atoms with Crippen LogP contribution in [0.25, 0.3) is 22.2 Å². The van der Waals surface area contributed by atoms with Gasteiger partial charge in [-0.1, -0.05) is 17.7 Å². The minimum absolute atomic E-state index is 0.195. The number of fused-ring (bicyclic) bond motifs is 1. The van der Waals surface area contributed by atoms with Gasteiger partial charge in [0.25, 0.3) is 5.56 Å². The number of carbonyl (C=O) groups is 1. The molecule has 4 aromatic rings. The Hall–Kier alpha value is -4.18. The van der Waals surface area contributed by atoms with E-state index in [1.54, 1.807) is 56.0 Å². The predicted molar refractivity (Wildman–Crippen MR) is 148 cm³/mol. The second-order valence-corrected chi connectivity index (χ2v) is 9.95. The van der Waals surface area contributed by atoms with Gasteiger partial charge in [-0.15, -0.1) is 0 Å². The minimum Gasteiger partial charge on any atom is -0.493 e. The molecule has 0 radical (unpaired) electrons. The van der Waals surface area contributed by atoms with Gasteiger partial charge in [0.05, 0.1) is 52.8 Å². The Balaban J connectivity index is 1.68. The van der Waals surface area contributed by atoms with Crippen LogP contribution in [0.3, 0.4) is 0 Å². The molecule has 1 amide bonds. The maximum absolute atomic E-state index is 12.9. The Morgan fingerprint density at radius 2 is 2.00 bits per heavy atom. The fraction of sp³-hybridized carbons (Fsp3) is 0.296. The van der Waals surface area contributed by atoms with Gasteiger partial charge in [-0.2, -0.15) is 0 Å². The van der Waals surface area contributed by atoms with Crippen LogP contribution in [0, 0.1) is 0 Å². The lowest BCUT2D eigenvalue weighted by atomic mass is 10.1. The number of hydrogen-bond acceptors (Lipinski definition) is 7. The number of aromatic nitrogens is 3. The van der Waals surface area contributed by atoms with Crippen LogP contribution in [0.1, 0.15) is 20.8 Å². The number of para-hydroxylation sites is 1. The number of methoxy groups -OCH3 is 1. The first-order valence-corrected chi connectivity index (χ1v) is 12.3. The Kier molecular flexibility index (Phi) is 7.82. The standard InChI is InChI=1S/C27H30ClN5O5/c1-27(2,3)38-26(35)33(4)13-14-37-20-15-29-11-9-16(20)22-23(21-18(31-22)10-12-30-25(21)34)32-19-8-6-7-17(28)24(19)36-5/h6-12,15,31-32H,13-14H2,1-5H3,(H,30,34). The van der Waals surface area contributed by atoms with E-state index in [9.17, 15) is 9.59 Å². The van der Waals surface area contributed by atoms with Gasteiger partial charge < -0.3 is 34.4 Å². The summed E-state index contributed by atoms with van der Waals surface area (Å²) in [5.74, 6) is 0.910. The molecule has 0 aliphatic heterocycles. The molecule has 4 rings (SSSR count). The van der Waals surface area contributed by atoms with Crippen molar-refractivity contribution in [3.63, 3.8) is 0 Å². The van der Waals surface area contributed by atoms with Crippen LogP contribution in [0.4, 0.5) is 16.2 Å². The summed E-state index contributed by atoms with van der Waals surface area (Å²) in [4.78, 5) is 36.9. The van der Waals surface area contributed by atoms with Crippen LogP contribution >= 0.6 is 11.6 Å². The molecule has 0 saturated carbocycles. The lowest BCUT2D eigenvalue weighted by Crippen LogP contribution is -2.36. The zero-order valence-corrected chi connectivity index (χ0v) is 22.6. The number of aromatic amines is 2. The van der Waals surface area contributed by atoms with E-state index in [-0.39, 0.29) is 12.2 Å². The van der Waals surface area contributed by atoms with E-state index >= 15 is 0 Å². The maximum atomic E-state index is 12.9. The summed E-state index contributed by atoms with van der Waals surface area (Å²) in [5, 5.41) is 4.18. The van der Waals surface area contributed by atoms with E-state index in [1.807, 2.05) is 20.8 Å². The number of nitrogens with one attached hydrogen (secondary N) is 3. The monoisotopic (exact) mass is 539 g/mol. The molecule has 0 spiro atoms. The molecule has 0 fully saturated rings. The van der Waals surface area contributed by atoms with Crippen molar-refractivity contribution in [3.8, 4) is 22.8 Å². The van der Waals surface area contributed by atoms with Crippen molar-refractivity contribution >= 4 is 40.0 Å². The maximum Gasteiger partial charge on any atom is 0.410 e. The molecule has 0 aliphatic carbocycles. The molecule has 3 aromatic heterocycles. The molecular formula is C27H30ClN5O5. The molecule has 0 atom stereocenters. The molecule has 0 aliphatic rings. The van der Waals surface area contributed by atoms with E-state index in [2.05, 4.69) is 20.3 Å². The first kappa shape index (κ1) is 26.9. The Morgan fingerprint density at radius 3 is 2.74 bits per heavy atom. The van der Waals surface area contributed by atoms with Crippen molar-refractivity contribution < 1.29 is 19.0 Å². The van der Waals surface area contributed by atoms with E-state index in [4.69, 9.17) is 25.8 Å². The summed E-state index contributed by atoms with van der Waals surface area (Å²) in [6, 6.07) is 8.87. The number of H-pyrrole nitrogens is 2. The fourth-order valence-corrected chi connectivity index (χ4v) is 4.11. The molecule has 10 nitrogen and oxygen atoms in total. The SMILES string of the molecule is COc1c(Cl)cccc1Nc1c(-c2ccncc2OCCN(C)C(=O)OC(C)(C)C)[nH]c2cc[nH]c(=O)c12. The molecule has 38 heavy (non-hydrogen) atoms. The van der Waals surface area contributed by atoms with Crippen molar-refractivity contribution in [2.45, 2.75) is 26.4 Å². The molecule has 1 aromatic carbocycles. The van der Waals surface area contributed by atoms with Gasteiger partial charge in [-0.3, -0.25) is 9.78 Å². The number of benzene rings is 1. The van der Waals surface area contributed by atoms with Gasteiger partial charge in [0.15, 0.2) is 5.75 Å². The van der Waals surface area contributed by atoms with Gasteiger partial charge in [-0.05, 0) is 45.0 Å². The molecule has 200 valence electrons. The predicted octanol–water partition coefficient (Wildman–Crippen LogP) is 5.57. The third kappa shape index (κ3) is 5.86. The van der Waals surface area contributed by atoms with E-state index in [0.717, 1.165) is 0 Å². The highest BCUT2D eigenvalue weighted by molar-refractivity contribution is 6.32. The first-order valence-electron chi connectivity index (χ1n) is 11.9. The fourth-order valence-electron chi connectivity index (χ4n) is 3.85. The number of halogens is 1. The number of hydrogen-bond donors (Lipinski definition) is 3. The van der Waals surface area contributed by atoms with E-state index < -0.39 is 11.7 Å². The zero-order valence-electron chi connectivity index (χ0n) is 21.8. The third-order valence-electron chi connectivity index (χ3n) is 5.59. The van der Waals surface area contributed by atoms with Crippen molar-refractivity contribution in [3.05, 3.63) is 64.3 Å². The van der Waals surface area contributed by atoms with Gasteiger partial charge in [0.1, 0.15) is 18.0 Å². The number of pyridine rings is 2. The Morgan fingerprint density at radius 1 is 1.21 bits per heavy atom. The minimum atomic E-state index is -0.592. The number of nitrogens with zero attached hydrogens (tertiary/aromatic N) is 2. The molecule has 0 unspecified atom stereocenters. The van der Waals surface area contributed by atoms with Crippen LogP contribution in [0.5, 0.6) is 11.5 Å². The van der Waals surface area contributed by atoms with Crippen LogP contribution in [0.2, 0.25) is 5.02 Å². The quantitative estimate of drug-likeness (QED) is 0.267. The van der Waals surface area contributed by atoms with E-state index in [1.165, 1.54) is 12.0 Å². The lowest BCUT2D eigenvalue weighted by molar-refractivity contribution is 0.0278. The highest BCUT2D eigenvalue weighted by Crippen LogP contribution is 2.42. The molecular weight excluding hydrogens is 510 g/mol. The second-order valence-electron chi connectivity index (χ2n) is 9.54. The molecule has 0 bridgehead atoms. The average molecular weight is 540 g/mol. The third-order valence-corrected chi connectivity index (χ3v) is 5.89. The van der Waals surface area contributed by atoms with Crippen LogP contribution in [-0.4, -0.2) is 58.9 Å². The van der Waals surface area contributed by atoms with Crippen LogP contribution in [0.15, 0.2) is 53.7 Å². The normalized spacial score (nSPS) is 11.3. The van der Waals surface area contributed by atoms with Gasteiger partial charge >= 0.3 is 6.09 Å². The summed E-state index contributed by atoms with van der Waals surface area (Å²) >= 11 is 6.34.